The van der Waals surface area contributed by atoms with Crippen LogP contribution >= 0.6 is 0 Å². The molecule has 0 saturated carbocycles. The molecule has 0 fully saturated rings. The molecular formula is C22H22N2O3. The first-order valence-corrected chi connectivity index (χ1v) is 9.12. The number of benzene rings is 2. The van der Waals surface area contributed by atoms with Crippen LogP contribution in [0.1, 0.15) is 12.8 Å². The lowest BCUT2D eigenvalue weighted by Gasteiger charge is -2.11. The Kier molecular flexibility index (Phi) is 5.10. The van der Waals surface area contributed by atoms with E-state index in [1.165, 1.54) is 0 Å². The average molecular weight is 362 g/mol. The number of fused-ring (bicyclic) bond motifs is 1. The smallest absolute Gasteiger partial charge is 0.177 e. The van der Waals surface area contributed by atoms with E-state index in [0.717, 1.165) is 53.5 Å². The normalized spacial score (nSPS) is 11.0. The molecule has 0 spiro atoms. The lowest BCUT2D eigenvalue weighted by atomic mass is 10.3. The van der Waals surface area contributed by atoms with Crippen LogP contribution in [0.3, 0.4) is 0 Å². The second-order valence-corrected chi connectivity index (χ2v) is 6.26. The van der Waals surface area contributed by atoms with Gasteiger partial charge in [-0.05, 0) is 49.2 Å². The first-order valence-electron chi connectivity index (χ1n) is 9.12. The molecule has 2 aromatic carbocycles. The molecule has 0 radical (unpaired) electrons. The highest BCUT2D eigenvalue weighted by Gasteiger charge is 2.14. The molecule has 0 N–H and O–H groups in total. The van der Waals surface area contributed by atoms with Crippen LogP contribution in [0.4, 0.5) is 0 Å². The molecule has 4 rings (SSSR count). The summed E-state index contributed by atoms with van der Waals surface area (Å²) in [5.74, 6) is 3.20. The number of para-hydroxylation sites is 4. The maximum Gasteiger partial charge on any atom is 0.177 e. The number of hydrogen-bond acceptors (Lipinski definition) is 4. The molecule has 138 valence electrons. The van der Waals surface area contributed by atoms with Crippen molar-refractivity contribution in [2.24, 2.45) is 0 Å². The van der Waals surface area contributed by atoms with Crippen LogP contribution in [0.2, 0.25) is 0 Å². The number of nitrogens with zero attached hydrogens (tertiary/aromatic N) is 2. The van der Waals surface area contributed by atoms with Gasteiger partial charge in [0.25, 0.3) is 0 Å². The van der Waals surface area contributed by atoms with E-state index in [4.69, 9.17) is 18.9 Å². The quantitative estimate of drug-likeness (QED) is 0.406. The van der Waals surface area contributed by atoms with Crippen LogP contribution in [-0.4, -0.2) is 23.3 Å². The molecule has 0 amide bonds. The minimum absolute atomic E-state index is 0.642. The number of aromatic nitrogens is 2. The van der Waals surface area contributed by atoms with Gasteiger partial charge < -0.3 is 18.5 Å². The van der Waals surface area contributed by atoms with Gasteiger partial charge in [-0.2, -0.15) is 0 Å². The number of ether oxygens (including phenoxy) is 2. The van der Waals surface area contributed by atoms with Gasteiger partial charge in [0.1, 0.15) is 0 Å². The first kappa shape index (κ1) is 17.2. The molecule has 0 unspecified atom stereocenters. The zero-order chi connectivity index (χ0) is 18.5. The van der Waals surface area contributed by atoms with Gasteiger partial charge in [0.05, 0.1) is 31.0 Å². The van der Waals surface area contributed by atoms with E-state index in [1.54, 1.807) is 13.4 Å². The number of methoxy groups -OCH3 is 1. The fraction of sp³-hybridized carbons (Fsp3) is 0.227. The molecule has 5 heteroatoms. The second kappa shape index (κ2) is 7.99. The van der Waals surface area contributed by atoms with Crippen LogP contribution in [0.5, 0.6) is 11.5 Å². The Morgan fingerprint density at radius 2 is 1.74 bits per heavy atom. The minimum Gasteiger partial charge on any atom is -0.493 e. The number of unbranched alkanes of at least 4 members (excludes halogenated alkanes) is 1. The molecule has 0 saturated heterocycles. The summed E-state index contributed by atoms with van der Waals surface area (Å²) in [5, 5.41) is 0. The van der Waals surface area contributed by atoms with Crippen molar-refractivity contribution >= 4 is 11.0 Å². The Hall–Kier alpha value is -3.21. The fourth-order valence-electron chi connectivity index (χ4n) is 3.19. The lowest BCUT2D eigenvalue weighted by Crippen LogP contribution is -2.04. The summed E-state index contributed by atoms with van der Waals surface area (Å²) in [7, 11) is 1.66. The molecule has 5 nitrogen and oxygen atoms in total. The Balaban J connectivity index is 1.42. The van der Waals surface area contributed by atoms with E-state index in [0.29, 0.717) is 6.61 Å². The Bertz CT molecular complexity index is 1010. The van der Waals surface area contributed by atoms with Crippen molar-refractivity contribution in [2.45, 2.75) is 19.4 Å². The van der Waals surface area contributed by atoms with Crippen LogP contribution in [0, 0.1) is 0 Å². The third-order valence-electron chi connectivity index (χ3n) is 4.50. The molecule has 0 aliphatic carbocycles. The highest BCUT2D eigenvalue weighted by atomic mass is 16.5. The van der Waals surface area contributed by atoms with Gasteiger partial charge in [-0.3, -0.25) is 0 Å². The first-order chi connectivity index (χ1) is 13.4. The highest BCUT2D eigenvalue weighted by molar-refractivity contribution is 5.79. The summed E-state index contributed by atoms with van der Waals surface area (Å²) in [6, 6.07) is 19.7. The van der Waals surface area contributed by atoms with Gasteiger partial charge in [-0.15, -0.1) is 0 Å². The van der Waals surface area contributed by atoms with Crippen LogP contribution in [0.25, 0.3) is 22.6 Å². The molecular weight excluding hydrogens is 340 g/mol. The zero-order valence-corrected chi connectivity index (χ0v) is 15.3. The van der Waals surface area contributed by atoms with E-state index in [1.807, 2.05) is 54.6 Å². The molecule has 0 bridgehead atoms. The van der Waals surface area contributed by atoms with Crippen molar-refractivity contribution < 1.29 is 13.9 Å². The molecule has 27 heavy (non-hydrogen) atoms. The summed E-state index contributed by atoms with van der Waals surface area (Å²) in [5.41, 5.74) is 2.10. The monoisotopic (exact) mass is 362 g/mol. The zero-order valence-electron chi connectivity index (χ0n) is 15.3. The maximum atomic E-state index is 5.87. The summed E-state index contributed by atoms with van der Waals surface area (Å²) in [6.45, 7) is 1.49. The Labute approximate surface area is 158 Å². The van der Waals surface area contributed by atoms with Crippen molar-refractivity contribution in [1.82, 2.24) is 9.55 Å². The number of imidazole rings is 1. The van der Waals surface area contributed by atoms with Crippen LogP contribution in [0.15, 0.2) is 71.3 Å². The number of aryl methyl sites for hydroxylation is 1. The number of furan rings is 1. The van der Waals surface area contributed by atoms with Crippen molar-refractivity contribution in [3.05, 3.63) is 66.9 Å². The fourth-order valence-corrected chi connectivity index (χ4v) is 3.19. The summed E-state index contributed by atoms with van der Waals surface area (Å²) < 4.78 is 19.0. The van der Waals surface area contributed by atoms with Crippen molar-refractivity contribution in [3.8, 4) is 23.1 Å². The van der Waals surface area contributed by atoms with Gasteiger partial charge in [0, 0.05) is 6.54 Å². The minimum atomic E-state index is 0.642. The highest BCUT2D eigenvalue weighted by Crippen LogP contribution is 2.27. The molecule has 0 atom stereocenters. The van der Waals surface area contributed by atoms with Gasteiger partial charge in [0.2, 0.25) is 0 Å². The SMILES string of the molecule is COc1ccccc1OCCCCn1c(-c2ccco2)nc2ccccc21. The van der Waals surface area contributed by atoms with E-state index in [-0.39, 0.29) is 0 Å². The van der Waals surface area contributed by atoms with Gasteiger partial charge in [-0.1, -0.05) is 24.3 Å². The molecule has 2 heterocycles. The van der Waals surface area contributed by atoms with E-state index < -0.39 is 0 Å². The molecule has 4 aromatic rings. The average Bonchev–Trinajstić information content (AvgIpc) is 3.36. The Morgan fingerprint density at radius 3 is 2.56 bits per heavy atom. The van der Waals surface area contributed by atoms with Gasteiger partial charge in [0.15, 0.2) is 23.1 Å². The number of rotatable bonds is 8. The van der Waals surface area contributed by atoms with Gasteiger partial charge >= 0.3 is 0 Å². The van der Waals surface area contributed by atoms with E-state index >= 15 is 0 Å². The maximum absolute atomic E-state index is 5.87. The van der Waals surface area contributed by atoms with Crippen molar-refractivity contribution in [2.75, 3.05) is 13.7 Å². The number of hydrogen-bond donors (Lipinski definition) is 0. The Morgan fingerprint density at radius 1 is 0.926 bits per heavy atom. The standard InChI is InChI=1S/C22H22N2O3/c1-25-19-11-4-5-12-20(19)26-15-7-6-14-24-18-10-3-2-9-17(18)23-22(24)21-13-8-16-27-21/h2-5,8-13,16H,6-7,14-15H2,1H3. The predicted molar refractivity (Wildman–Crippen MR) is 105 cm³/mol. The third-order valence-corrected chi connectivity index (χ3v) is 4.50. The van der Waals surface area contributed by atoms with E-state index in [2.05, 4.69) is 10.6 Å². The van der Waals surface area contributed by atoms with Crippen molar-refractivity contribution in [3.63, 3.8) is 0 Å². The molecule has 0 aliphatic heterocycles. The summed E-state index contributed by atoms with van der Waals surface area (Å²) >= 11 is 0. The second-order valence-electron chi connectivity index (χ2n) is 6.26. The van der Waals surface area contributed by atoms with Gasteiger partial charge in [-0.25, -0.2) is 4.98 Å². The van der Waals surface area contributed by atoms with Crippen LogP contribution < -0.4 is 9.47 Å². The van der Waals surface area contributed by atoms with Crippen molar-refractivity contribution in [1.29, 1.82) is 0 Å². The predicted octanol–water partition coefficient (Wildman–Crippen LogP) is 5.16. The third kappa shape index (κ3) is 3.67. The lowest BCUT2D eigenvalue weighted by molar-refractivity contribution is 0.284. The van der Waals surface area contributed by atoms with E-state index in [9.17, 15) is 0 Å². The summed E-state index contributed by atoms with van der Waals surface area (Å²) in [4.78, 5) is 4.75. The topological polar surface area (TPSA) is 49.4 Å². The molecule has 0 aliphatic rings. The largest absolute Gasteiger partial charge is 0.493 e. The summed E-state index contributed by atoms with van der Waals surface area (Å²) in [6.07, 6.45) is 3.59. The van der Waals surface area contributed by atoms with Crippen LogP contribution in [-0.2, 0) is 6.54 Å². The molecule has 2 aromatic heterocycles.